The SMILES string of the molecule is N#CCC(=O)Nc1ccc(-c2nncn2-c2ccc(F)cc2)cc1. The molecule has 0 bridgehead atoms. The van der Waals surface area contributed by atoms with Crippen LogP contribution in [0.25, 0.3) is 17.1 Å². The number of carbonyl (C=O) groups is 1. The van der Waals surface area contributed by atoms with E-state index in [1.54, 1.807) is 53.4 Å². The van der Waals surface area contributed by atoms with Gasteiger partial charge in [0.05, 0.1) is 6.07 Å². The van der Waals surface area contributed by atoms with Gasteiger partial charge in [-0.1, -0.05) is 0 Å². The molecule has 118 valence electrons. The zero-order valence-electron chi connectivity index (χ0n) is 12.5. The van der Waals surface area contributed by atoms with Crippen molar-refractivity contribution in [3.05, 3.63) is 60.7 Å². The number of anilines is 1. The number of nitrogens with one attached hydrogen (secondary N) is 1. The molecule has 1 amide bonds. The molecule has 0 saturated heterocycles. The molecule has 0 atom stereocenters. The maximum absolute atomic E-state index is 13.1. The van der Waals surface area contributed by atoms with Crippen LogP contribution in [0.1, 0.15) is 6.42 Å². The Kier molecular flexibility index (Phi) is 4.29. The van der Waals surface area contributed by atoms with Crippen LogP contribution in [-0.2, 0) is 4.79 Å². The van der Waals surface area contributed by atoms with Crippen LogP contribution in [0.3, 0.4) is 0 Å². The van der Waals surface area contributed by atoms with Crippen molar-refractivity contribution in [2.75, 3.05) is 5.32 Å². The minimum absolute atomic E-state index is 0.194. The Morgan fingerprint density at radius 2 is 1.88 bits per heavy atom. The van der Waals surface area contributed by atoms with Crippen LogP contribution < -0.4 is 5.32 Å². The smallest absolute Gasteiger partial charge is 0.238 e. The largest absolute Gasteiger partial charge is 0.325 e. The second-order valence-corrected chi connectivity index (χ2v) is 4.96. The first kappa shape index (κ1) is 15.4. The van der Waals surface area contributed by atoms with Crippen LogP contribution in [0.5, 0.6) is 0 Å². The lowest BCUT2D eigenvalue weighted by Crippen LogP contribution is -2.09. The highest BCUT2D eigenvalue weighted by molar-refractivity contribution is 5.92. The van der Waals surface area contributed by atoms with Crippen molar-refractivity contribution in [2.45, 2.75) is 6.42 Å². The predicted octanol–water partition coefficient (Wildman–Crippen LogP) is 2.93. The molecule has 1 N–H and O–H groups in total. The monoisotopic (exact) mass is 321 g/mol. The molecule has 1 heterocycles. The van der Waals surface area contributed by atoms with Crippen molar-refractivity contribution in [3.8, 4) is 23.1 Å². The van der Waals surface area contributed by atoms with Gasteiger partial charge in [-0.3, -0.25) is 9.36 Å². The first-order valence-corrected chi connectivity index (χ1v) is 7.10. The lowest BCUT2D eigenvalue weighted by atomic mass is 10.2. The van der Waals surface area contributed by atoms with Gasteiger partial charge in [-0.15, -0.1) is 10.2 Å². The highest BCUT2D eigenvalue weighted by atomic mass is 19.1. The topological polar surface area (TPSA) is 83.6 Å². The fourth-order valence-corrected chi connectivity index (χ4v) is 2.20. The van der Waals surface area contributed by atoms with E-state index in [9.17, 15) is 9.18 Å². The number of hydrogen-bond acceptors (Lipinski definition) is 4. The maximum atomic E-state index is 13.1. The summed E-state index contributed by atoms with van der Waals surface area (Å²) in [5, 5.41) is 19.1. The Morgan fingerprint density at radius 1 is 1.17 bits per heavy atom. The molecular formula is C17H12FN5O. The fraction of sp³-hybridized carbons (Fsp3) is 0.0588. The van der Waals surface area contributed by atoms with Gasteiger partial charge in [-0.2, -0.15) is 5.26 Å². The van der Waals surface area contributed by atoms with E-state index in [2.05, 4.69) is 15.5 Å². The van der Waals surface area contributed by atoms with E-state index < -0.39 is 0 Å². The quantitative estimate of drug-likeness (QED) is 0.801. The molecule has 3 aromatic rings. The third-order valence-electron chi connectivity index (χ3n) is 3.32. The second-order valence-electron chi connectivity index (χ2n) is 4.96. The number of nitrogens with zero attached hydrogens (tertiary/aromatic N) is 4. The van der Waals surface area contributed by atoms with E-state index in [0.717, 1.165) is 11.3 Å². The number of carbonyl (C=O) groups excluding carboxylic acids is 1. The summed E-state index contributed by atoms with van der Waals surface area (Å²) in [4.78, 5) is 11.4. The van der Waals surface area contributed by atoms with Gasteiger partial charge >= 0.3 is 0 Å². The summed E-state index contributed by atoms with van der Waals surface area (Å²) >= 11 is 0. The lowest BCUT2D eigenvalue weighted by Gasteiger charge is -2.08. The van der Waals surface area contributed by atoms with E-state index in [1.807, 2.05) is 0 Å². The number of rotatable bonds is 4. The Hall–Kier alpha value is -3.53. The molecule has 0 aliphatic heterocycles. The summed E-state index contributed by atoms with van der Waals surface area (Å²) in [6.07, 6.45) is 1.35. The first-order valence-electron chi connectivity index (χ1n) is 7.10. The summed E-state index contributed by atoms with van der Waals surface area (Å²) in [5.74, 6) is -0.0814. The maximum Gasteiger partial charge on any atom is 0.238 e. The molecule has 0 unspecified atom stereocenters. The third kappa shape index (κ3) is 3.28. The van der Waals surface area contributed by atoms with Gasteiger partial charge in [-0.25, -0.2) is 4.39 Å². The van der Waals surface area contributed by atoms with Gasteiger partial charge < -0.3 is 5.32 Å². The van der Waals surface area contributed by atoms with Crippen LogP contribution in [0.15, 0.2) is 54.9 Å². The first-order chi connectivity index (χ1) is 11.7. The van der Waals surface area contributed by atoms with Crippen molar-refractivity contribution in [1.82, 2.24) is 14.8 Å². The van der Waals surface area contributed by atoms with Crippen molar-refractivity contribution < 1.29 is 9.18 Å². The molecule has 6 nitrogen and oxygen atoms in total. The van der Waals surface area contributed by atoms with Crippen LogP contribution in [0.4, 0.5) is 10.1 Å². The second kappa shape index (κ2) is 6.71. The van der Waals surface area contributed by atoms with Crippen molar-refractivity contribution >= 4 is 11.6 Å². The molecule has 24 heavy (non-hydrogen) atoms. The molecule has 2 aromatic carbocycles. The normalized spacial score (nSPS) is 10.2. The Bertz CT molecular complexity index is 894. The van der Waals surface area contributed by atoms with Gasteiger partial charge in [0.1, 0.15) is 18.6 Å². The lowest BCUT2D eigenvalue weighted by molar-refractivity contribution is -0.115. The molecule has 7 heteroatoms. The fourth-order valence-electron chi connectivity index (χ4n) is 2.20. The number of nitriles is 1. The zero-order chi connectivity index (χ0) is 16.9. The number of hydrogen-bond donors (Lipinski definition) is 1. The molecule has 0 fully saturated rings. The van der Waals surface area contributed by atoms with Crippen molar-refractivity contribution in [1.29, 1.82) is 5.26 Å². The Balaban J connectivity index is 1.86. The van der Waals surface area contributed by atoms with Gasteiger partial charge in [0, 0.05) is 16.9 Å². The number of aromatic nitrogens is 3. The summed E-state index contributed by atoms with van der Waals surface area (Å²) in [5.41, 5.74) is 2.12. The molecule has 0 saturated carbocycles. The summed E-state index contributed by atoms with van der Waals surface area (Å²) in [6.45, 7) is 0. The highest BCUT2D eigenvalue weighted by Gasteiger charge is 2.09. The molecule has 3 rings (SSSR count). The molecular weight excluding hydrogens is 309 g/mol. The van der Waals surface area contributed by atoms with E-state index in [1.165, 1.54) is 12.1 Å². The van der Waals surface area contributed by atoms with E-state index >= 15 is 0 Å². The van der Waals surface area contributed by atoms with Gasteiger partial charge in [0.25, 0.3) is 0 Å². The molecule has 0 aliphatic carbocycles. The highest BCUT2D eigenvalue weighted by Crippen LogP contribution is 2.22. The van der Waals surface area contributed by atoms with Crippen molar-refractivity contribution in [2.24, 2.45) is 0 Å². The Morgan fingerprint density at radius 3 is 2.54 bits per heavy atom. The molecule has 0 radical (unpaired) electrons. The summed E-state index contributed by atoms with van der Waals surface area (Å²) < 4.78 is 14.8. The van der Waals surface area contributed by atoms with Crippen molar-refractivity contribution in [3.63, 3.8) is 0 Å². The minimum atomic E-state index is -0.361. The standard InChI is InChI=1S/C17H12FN5O/c18-13-3-7-15(8-4-13)23-11-20-22-17(23)12-1-5-14(6-2-12)21-16(24)9-10-19/h1-8,11H,9H2,(H,21,24). The number of halogens is 1. The van der Waals surface area contributed by atoms with Crippen LogP contribution in [0, 0.1) is 17.1 Å². The minimum Gasteiger partial charge on any atom is -0.325 e. The van der Waals surface area contributed by atoms with Gasteiger partial charge in [0.2, 0.25) is 5.91 Å². The van der Waals surface area contributed by atoms with E-state index in [-0.39, 0.29) is 18.1 Å². The van der Waals surface area contributed by atoms with Gasteiger partial charge in [0.15, 0.2) is 5.82 Å². The van der Waals surface area contributed by atoms with Gasteiger partial charge in [-0.05, 0) is 48.5 Å². The van der Waals surface area contributed by atoms with E-state index in [0.29, 0.717) is 11.5 Å². The Labute approximate surface area is 137 Å². The van der Waals surface area contributed by atoms with Crippen LogP contribution >= 0.6 is 0 Å². The number of benzene rings is 2. The molecule has 0 spiro atoms. The van der Waals surface area contributed by atoms with Crippen LogP contribution in [0.2, 0.25) is 0 Å². The molecule has 1 aromatic heterocycles. The van der Waals surface area contributed by atoms with Crippen LogP contribution in [-0.4, -0.2) is 20.7 Å². The van der Waals surface area contributed by atoms with E-state index in [4.69, 9.17) is 5.26 Å². The third-order valence-corrected chi connectivity index (χ3v) is 3.32. The molecule has 0 aliphatic rings. The average Bonchev–Trinajstić information content (AvgIpc) is 3.06. The number of amides is 1. The zero-order valence-corrected chi connectivity index (χ0v) is 12.5. The summed E-state index contributed by atoms with van der Waals surface area (Å²) in [6, 6.07) is 14.8. The predicted molar refractivity (Wildman–Crippen MR) is 85.6 cm³/mol. The summed E-state index contributed by atoms with van der Waals surface area (Å²) in [7, 11) is 0. The average molecular weight is 321 g/mol.